The van der Waals surface area contributed by atoms with Gasteiger partial charge in [-0.3, -0.25) is 14.6 Å². The number of aromatic nitrogens is 2. The summed E-state index contributed by atoms with van der Waals surface area (Å²) in [4.78, 5) is 29.4. The number of hydrogen-bond donors (Lipinski definition) is 2. The molecule has 0 aliphatic rings. The average molecular weight is 415 g/mol. The van der Waals surface area contributed by atoms with E-state index < -0.39 is 17.2 Å². The number of rotatable bonds is 7. The van der Waals surface area contributed by atoms with Gasteiger partial charge in [0.1, 0.15) is 16.9 Å². The lowest BCUT2D eigenvalue weighted by atomic mass is 10.1. The Morgan fingerprint density at radius 3 is 2.69 bits per heavy atom. The SMILES string of the molecule is CCSCCNC(=O)c1c(O)c2ncc(Cc3ccc(F)cc3)cc2n(C)c1=O. The molecule has 1 amide bonds. The predicted octanol–water partition coefficient (Wildman–Crippen LogP) is 2.85. The van der Waals surface area contributed by atoms with E-state index in [9.17, 15) is 19.1 Å². The monoisotopic (exact) mass is 415 g/mol. The molecule has 0 aliphatic heterocycles. The van der Waals surface area contributed by atoms with Crippen molar-refractivity contribution in [2.75, 3.05) is 18.1 Å². The Balaban J connectivity index is 1.94. The van der Waals surface area contributed by atoms with Crippen LogP contribution in [0.5, 0.6) is 5.75 Å². The first-order valence-electron chi connectivity index (χ1n) is 9.23. The smallest absolute Gasteiger partial charge is 0.267 e. The van der Waals surface area contributed by atoms with Gasteiger partial charge < -0.3 is 15.0 Å². The Morgan fingerprint density at radius 1 is 1.28 bits per heavy atom. The van der Waals surface area contributed by atoms with Crippen LogP contribution in [-0.4, -0.2) is 38.6 Å². The molecule has 0 aliphatic carbocycles. The number of hydrogen-bond acceptors (Lipinski definition) is 5. The zero-order chi connectivity index (χ0) is 21.0. The van der Waals surface area contributed by atoms with Gasteiger partial charge in [0, 0.05) is 25.5 Å². The largest absolute Gasteiger partial charge is 0.505 e. The Hall–Kier alpha value is -2.87. The number of pyridine rings is 2. The van der Waals surface area contributed by atoms with Gasteiger partial charge >= 0.3 is 0 Å². The van der Waals surface area contributed by atoms with Crippen LogP contribution in [0.3, 0.4) is 0 Å². The minimum absolute atomic E-state index is 0.183. The van der Waals surface area contributed by atoms with E-state index in [-0.39, 0.29) is 16.9 Å². The molecule has 3 rings (SSSR count). The minimum atomic E-state index is -0.612. The molecular formula is C21H22FN3O3S. The fourth-order valence-electron chi connectivity index (χ4n) is 3.04. The molecule has 0 saturated carbocycles. The van der Waals surface area contributed by atoms with Crippen molar-refractivity contribution in [1.29, 1.82) is 0 Å². The zero-order valence-electron chi connectivity index (χ0n) is 16.2. The van der Waals surface area contributed by atoms with Crippen LogP contribution in [0.1, 0.15) is 28.4 Å². The molecule has 2 heterocycles. The highest BCUT2D eigenvalue weighted by Gasteiger charge is 2.22. The summed E-state index contributed by atoms with van der Waals surface area (Å²) >= 11 is 1.67. The van der Waals surface area contributed by atoms with Crippen LogP contribution in [0.2, 0.25) is 0 Å². The maximum absolute atomic E-state index is 13.1. The number of aromatic hydroxyl groups is 1. The normalized spacial score (nSPS) is 11.0. The molecule has 0 fully saturated rings. The van der Waals surface area contributed by atoms with Crippen molar-refractivity contribution in [2.24, 2.45) is 7.05 Å². The van der Waals surface area contributed by atoms with Crippen molar-refractivity contribution in [3.63, 3.8) is 0 Å². The van der Waals surface area contributed by atoms with Crippen molar-refractivity contribution in [3.05, 3.63) is 69.4 Å². The van der Waals surface area contributed by atoms with Crippen LogP contribution in [-0.2, 0) is 13.5 Å². The summed E-state index contributed by atoms with van der Waals surface area (Å²) in [5.74, 6) is 0.318. The molecule has 0 unspecified atom stereocenters. The van der Waals surface area contributed by atoms with Crippen LogP contribution in [0, 0.1) is 5.82 Å². The molecule has 0 bridgehead atoms. The molecular weight excluding hydrogens is 393 g/mol. The van der Waals surface area contributed by atoms with E-state index in [0.717, 1.165) is 22.6 Å². The molecule has 152 valence electrons. The number of carbonyl (C=O) groups excluding carboxylic acids is 1. The summed E-state index contributed by atoms with van der Waals surface area (Å²) in [6, 6.07) is 7.87. The van der Waals surface area contributed by atoms with Gasteiger partial charge in [-0.2, -0.15) is 11.8 Å². The average Bonchev–Trinajstić information content (AvgIpc) is 2.71. The number of nitrogens with one attached hydrogen (secondary N) is 1. The highest BCUT2D eigenvalue weighted by Crippen LogP contribution is 2.25. The van der Waals surface area contributed by atoms with Crippen molar-refractivity contribution in [2.45, 2.75) is 13.3 Å². The molecule has 6 nitrogen and oxygen atoms in total. The lowest BCUT2D eigenvalue weighted by Crippen LogP contribution is -2.33. The molecule has 8 heteroatoms. The number of carbonyl (C=O) groups is 1. The van der Waals surface area contributed by atoms with Crippen molar-refractivity contribution < 1.29 is 14.3 Å². The van der Waals surface area contributed by atoms with Crippen LogP contribution < -0.4 is 10.9 Å². The van der Waals surface area contributed by atoms with Gasteiger partial charge in [-0.05, 0) is 41.5 Å². The van der Waals surface area contributed by atoms with Crippen LogP contribution in [0.4, 0.5) is 4.39 Å². The topological polar surface area (TPSA) is 84.2 Å². The zero-order valence-corrected chi connectivity index (χ0v) is 17.1. The van der Waals surface area contributed by atoms with Gasteiger partial charge in [-0.15, -0.1) is 0 Å². The van der Waals surface area contributed by atoms with Crippen LogP contribution in [0.25, 0.3) is 11.0 Å². The Morgan fingerprint density at radius 2 is 2.00 bits per heavy atom. The molecule has 1 aromatic carbocycles. The van der Waals surface area contributed by atoms with Gasteiger partial charge in [-0.1, -0.05) is 19.1 Å². The highest BCUT2D eigenvalue weighted by atomic mass is 32.2. The first-order valence-corrected chi connectivity index (χ1v) is 10.4. The fourth-order valence-corrected chi connectivity index (χ4v) is 3.57. The molecule has 3 aromatic rings. The first-order chi connectivity index (χ1) is 13.9. The maximum Gasteiger partial charge on any atom is 0.267 e. The number of amides is 1. The molecule has 0 saturated heterocycles. The van der Waals surface area contributed by atoms with Crippen LogP contribution >= 0.6 is 11.8 Å². The number of benzene rings is 1. The van der Waals surface area contributed by atoms with Gasteiger partial charge in [0.15, 0.2) is 5.75 Å². The second-order valence-corrected chi connectivity index (χ2v) is 7.95. The first kappa shape index (κ1) is 20.9. The number of aryl methyl sites for hydroxylation is 1. The summed E-state index contributed by atoms with van der Waals surface area (Å²) in [6.07, 6.45) is 2.07. The van der Waals surface area contributed by atoms with E-state index in [1.807, 2.05) is 6.92 Å². The summed E-state index contributed by atoms with van der Waals surface area (Å²) in [7, 11) is 1.54. The molecule has 0 spiro atoms. The van der Waals surface area contributed by atoms with Crippen molar-refractivity contribution in [1.82, 2.24) is 14.9 Å². The van der Waals surface area contributed by atoms with Crippen LogP contribution in [0.15, 0.2) is 41.3 Å². The second kappa shape index (κ2) is 9.09. The third-order valence-corrected chi connectivity index (χ3v) is 5.45. The van der Waals surface area contributed by atoms with Gasteiger partial charge in [-0.25, -0.2) is 4.39 Å². The van der Waals surface area contributed by atoms with E-state index in [1.54, 1.807) is 36.2 Å². The van der Waals surface area contributed by atoms with E-state index in [2.05, 4.69) is 10.3 Å². The van der Waals surface area contributed by atoms with Crippen molar-refractivity contribution in [3.8, 4) is 5.75 Å². The van der Waals surface area contributed by atoms with Gasteiger partial charge in [0.25, 0.3) is 11.5 Å². The lowest BCUT2D eigenvalue weighted by molar-refractivity contribution is 0.0951. The number of halogens is 1. The van der Waals surface area contributed by atoms with Gasteiger partial charge in [0.05, 0.1) is 5.52 Å². The Kier molecular flexibility index (Phi) is 6.53. The quantitative estimate of drug-likeness (QED) is 0.580. The molecule has 29 heavy (non-hydrogen) atoms. The fraction of sp³-hybridized carbons (Fsp3) is 0.286. The maximum atomic E-state index is 13.1. The summed E-state index contributed by atoms with van der Waals surface area (Å²) in [5, 5.41) is 13.2. The van der Waals surface area contributed by atoms with E-state index in [0.29, 0.717) is 18.5 Å². The summed E-state index contributed by atoms with van der Waals surface area (Å²) < 4.78 is 14.4. The lowest BCUT2D eigenvalue weighted by Gasteiger charge is -2.12. The van der Waals surface area contributed by atoms with Gasteiger partial charge in [0.2, 0.25) is 0 Å². The number of fused-ring (bicyclic) bond motifs is 1. The third-order valence-electron chi connectivity index (χ3n) is 4.55. The molecule has 0 atom stereocenters. The number of thioether (sulfide) groups is 1. The third kappa shape index (κ3) is 4.59. The summed E-state index contributed by atoms with van der Waals surface area (Å²) in [6.45, 7) is 2.43. The predicted molar refractivity (Wildman–Crippen MR) is 113 cm³/mol. The molecule has 2 N–H and O–H groups in total. The molecule has 2 aromatic heterocycles. The van der Waals surface area contributed by atoms with E-state index in [1.165, 1.54) is 23.7 Å². The Labute approximate surface area is 171 Å². The van der Waals surface area contributed by atoms with E-state index >= 15 is 0 Å². The van der Waals surface area contributed by atoms with Crippen molar-refractivity contribution >= 4 is 28.7 Å². The number of nitrogens with zero attached hydrogens (tertiary/aromatic N) is 2. The highest BCUT2D eigenvalue weighted by molar-refractivity contribution is 7.99. The summed E-state index contributed by atoms with van der Waals surface area (Å²) in [5.41, 5.74) is 1.40. The Bertz CT molecular complexity index is 1100. The minimum Gasteiger partial charge on any atom is -0.505 e. The second-order valence-electron chi connectivity index (χ2n) is 6.56. The standard InChI is InChI=1S/C21H22FN3O3S/c1-3-29-9-8-23-20(27)17-19(26)18-16(25(2)21(17)28)11-14(12-24-18)10-13-4-6-15(22)7-5-13/h4-7,11-12,26H,3,8-10H2,1-2H3,(H,23,27). The molecule has 0 radical (unpaired) electrons. The van der Waals surface area contributed by atoms with E-state index in [4.69, 9.17) is 0 Å².